The molecule has 0 aromatic carbocycles. The number of ketones is 1. The summed E-state index contributed by atoms with van der Waals surface area (Å²) in [6.07, 6.45) is 1.73. The summed E-state index contributed by atoms with van der Waals surface area (Å²) in [5.74, 6) is -2.08. The minimum Gasteiger partial charge on any atom is -0.475 e. The van der Waals surface area contributed by atoms with Gasteiger partial charge in [-0.3, -0.25) is 4.79 Å². The van der Waals surface area contributed by atoms with Gasteiger partial charge in [0.25, 0.3) is 0 Å². The number of carboxylic acid groups (broad SMARTS) is 1. The second-order valence-electron chi connectivity index (χ2n) is 4.55. The molecule has 1 N–H and O–H groups in total. The molecule has 8 heteroatoms. The molecular weight excluding hydrogens is 350 g/mol. The van der Waals surface area contributed by atoms with Crippen LogP contribution < -0.4 is 0 Å². The second-order valence-corrected chi connectivity index (χ2v) is 6.56. The first-order valence-electron chi connectivity index (χ1n) is 6.77. The topological polar surface area (TPSA) is 93.0 Å². The Morgan fingerprint density at radius 1 is 1.25 bits per heavy atom. The molecule has 124 valence electrons. The van der Waals surface area contributed by atoms with Crippen LogP contribution in [0.4, 0.5) is 0 Å². The summed E-state index contributed by atoms with van der Waals surface area (Å²) >= 11 is 2.94. The zero-order valence-corrected chi connectivity index (χ0v) is 14.2. The number of esters is 1. The largest absolute Gasteiger partial charge is 0.475 e. The molecule has 0 atom stereocenters. The van der Waals surface area contributed by atoms with E-state index in [1.165, 1.54) is 11.3 Å². The van der Waals surface area contributed by atoms with E-state index >= 15 is 0 Å². The fourth-order valence-electron chi connectivity index (χ4n) is 1.67. The second kappa shape index (κ2) is 8.32. The molecule has 24 heavy (non-hydrogen) atoms. The predicted octanol–water partition coefficient (Wildman–Crippen LogP) is 3.01. The van der Waals surface area contributed by atoms with Crippen LogP contribution in [0, 0.1) is 0 Å². The Bertz CT molecular complexity index is 789. The molecule has 1 aliphatic rings. The zero-order chi connectivity index (χ0) is 17.5. The van der Waals surface area contributed by atoms with Crippen molar-refractivity contribution in [1.29, 1.82) is 0 Å². The summed E-state index contributed by atoms with van der Waals surface area (Å²) in [6.45, 7) is 1.66. The van der Waals surface area contributed by atoms with Gasteiger partial charge in [-0.05, 0) is 29.0 Å². The van der Waals surface area contributed by atoms with Crippen LogP contribution in [0.5, 0.6) is 0 Å². The van der Waals surface area contributed by atoms with E-state index in [1.807, 2.05) is 22.9 Å². The molecule has 1 aliphatic heterocycles. The Kier molecular flexibility index (Phi) is 6.16. The van der Waals surface area contributed by atoms with Gasteiger partial charge in [0.05, 0.1) is 6.42 Å². The van der Waals surface area contributed by atoms with Crippen LogP contribution in [-0.4, -0.2) is 28.7 Å². The van der Waals surface area contributed by atoms with E-state index < -0.39 is 11.8 Å². The maximum atomic E-state index is 11.1. The van der Waals surface area contributed by atoms with Gasteiger partial charge >= 0.3 is 11.9 Å². The standard InChI is InChI=1S/C9H7NO2S.C7H6O3S/c1-6-10-8(9(11)12-6)5-7-3-2-4-13-7;8-6(7(9)10)4-5-2-1-3-11-5/h2-5H,1H3;1-3H,4H2,(H,9,10)/b8-5+;. The molecular formula is C16H13NO5S2. The van der Waals surface area contributed by atoms with Crippen molar-refractivity contribution in [3.05, 3.63) is 50.5 Å². The Morgan fingerprint density at radius 2 is 1.96 bits per heavy atom. The van der Waals surface area contributed by atoms with Crippen LogP contribution in [-0.2, 0) is 25.5 Å². The van der Waals surface area contributed by atoms with Crippen molar-refractivity contribution in [3.63, 3.8) is 0 Å². The third kappa shape index (κ3) is 5.25. The number of aliphatic carboxylic acids is 1. The van der Waals surface area contributed by atoms with Gasteiger partial charge in [-0.1, -0.05) is 12.1 Å². The number of carbonyl (C=O) groups excluding carboxylic acids is 2. The van der Waals surface area contributed by atoms with Gasteiger partial charge in [0.1, 0.15) is 0 Å². The van der Waals surface area contributed by atoms with E-state index in [0.717, 1.165) is 9.75 Å². The molecule has 2 aromatic heterocycles. The number of carbonyl (C=O) groups is 3. The molecule has 0 amide bonds. The zero-order valence-electron chi connectivity index (χ0n) is 12.6. The van der Waals surface area contributed by atoms with Gasteiger partial charge in [-0.15, -0.1) is 22.7 Å². The molecule has 0 fully saturated rings. The minimum atomic E-state index is -1.36. The fourth-order valence-corrected chi connectivity index (χ4v) is 3.03. The van der Waals surface area contributed by atoms with Crippen molar-refractivity contribution in [2.45, 2.75) is 13.3 Å². The highest BCUT2D eigenvalue weighted by Crippen LogP contribution is 2.18. The summed E-state index contributed by atoms with van der Waals surface area (Å²) in [6, 6.07) is 7.38. The van der Waals surface area contributed by atoms with Gasteiger partial charge in [-0.2, -0.15) is 0 Å². The lowest BCUT2D eigenvalue weighted by Gasteiger charge is -1.89. The number of cyclic esters (lactones) is 1. The molecule has 6 nitrogen and oxygen atoms in total. The highest BCUT2D eigenvalue weighted by atomic mass is 32.1. The van der Waals surface area contributed by atoms with Crippen LogP contribution in [0.1, 0.15) is 16.7 Å². The SMILES string of the molecule is CC1=N/C(=C/c2cccs2)C(=O)O1.O=C(O)C(=O)Cc1cccs1. The summed E-state index contributed by atoms with van der Waals surface area (Å²) < 4.78 is 4.77. The molecule has 0 unspecified atom stereocenters. The number of aliphatic imine (C=N–C) groups is 1. The third-order valence-corrected chi connectivity index (χ3v) is 4.40. The highest BCUT2D eigenvalue weighted by molar-refractivity contribution is 7.11. The molecule has 0 saturated carbocycles. The van der Waals surface area contributed by atoms with Crippen molar-refractivity contribution in [2.24, 2.45) is 4.99 Å². The molecule has 0 bridgehead atoms. The van der Waals surface area contributed by atoms with E-state index in [2.05, 4.69) is 4.99 Å². The normalized spacial score (nSPS) is 14.6. The van der Waals surface area contributed by atoms with Gasteiger partial charge in [0.2, 0.25) is 5.78 Å². The Hall–Kier alpha value is -2.58. The first-order valence-corrected chi connectivity index (χ1v) is 8.53. The molecule has 0 spiro atoms. The van der Waals surface area contributed by atoms with E-state index in [9.17, 15) is 14.4 Å². The summed E-state index contributed by atoms with van der Waals surface area (Å²) in [5.41, 5.74) is 0.375. The molecule has 3 rings (SSSR count). The lowest BCUT2D eigenvalue weighted by Crippen LogP contribution is -2.14. The van der Waals surface area contributed by atoms with Crippen molar-refractivity contribution in [2.75, 3.05) is 0 Å². The molecule has 0 aliphatic carbocycles. The fraction of sp³-hybridized carbons (Fsp3) is 0.125. The van der Waals surface area contributed by atoms with E-state index in [4.69, 9.17) is 9.84 Å². The number of ether oxygens (including phenoxy) is 1. The van der Waals surface area contributed by atoms with Gasteiger partial charge in [-0.25, -0.2) is 14.6 Å². The number of hydrogen-bond acceptors (Lipinski definition) is 7. The maximum Gasteiger partial charge on any atom is 0.372 e. The lowest BCUT2D eigenvalue weighted by molar-refractivity contribution is -0.148. The molecule has 0 saturated heterocycles. The summed E-state index contributed by atoms with van der Waals surface area (Å²) in [4.78, 5) is 37.6. The quantitative estimate of drug-likeness (QED) is 0.512. The van der Waals surface area contributed by atoms with Crippen molar-refractivity contribution >= 4 is 52.4 Å². The predicted molar refractivity (Wildman–Crippen MR) is 92.2 cm³/mol. The number of hydrogen-bond donors (Lipinski definition) is 1. The first kappa shape index (κ1) is 17.8. The number of nitrogens with zero attached hydrogens (tertiary/aromatic N) is 1. The Balaban J connectivity index is 0.000000177. The van der Waals surface area contributed by atoms with Gasteiger partial charge in [0.15, 0.2) is 11.6 Å². The smallest absolute Gasteiger partial charge is 0.372 e. The monoisotopic (exact) mass is 363 g/mol. The lowest BCUT2D eigenvalue weighted by atomic mass is 10.2. The summed E-state index contributed by atoms with van der Waals surface area (Å²) in [5, 5.41) is 12.0. The van der Waals surface area contributed by atoms with Crippen LogP contribution in [0.3, 0.4) is 0 Å². The highest BCUT2D eigenvalue weighted by Gasteiger charge is 2.19. The maximum absolute atomic E-state index is 11.1. The van der Waals surface area contributed by atoms with E-state index in [1.54, 1.807) is 36.5 Å². The number of Topliss-reactive ketones (excluding diaryl/α,β-unsaturated/α-hetero) is 1. The van der Waals surface area contributed by atoms with Gasteiger partial charge < -0.3 is 9.84 Å². The number of thiophene rings is 2. The van der Waals surface area contributed by atoms with Gasteiger partial charge in [0, 0.05) is 16.7 Å². The van der Waals surface area contributed by atoms with Crippen LogP contribution in [0.25, 0.3) is 6.08 Å². The van der Waals surface area contributed by atoms with Crippen molar-refractivity contribution < 1.29 is 24.2 Å². The number of rotatable bonds is 4. The average Bonchev–Trinajstić information content (AvgIpc) is 3.25. The first-order chi connectivity index (χ1) is 11.5. The van der Waals surface area contributed by atoms with Crippen LogP contribution in [0.15, 0.2) is 45.7 Å². The van der Waals surface area contributed by atoms with Crippen LogP contribution in [0.2, 0.25) is 0 Å². The van der Waals surface area contributed by atoms with E-state index in [0.29, 0.717) is 11.6 Å². The van der Waals surface area contributed by atoms with Crippen molar-refractivity contribution in [1.82, 2.24) is 0 Å². The average molecular weight is 363 g/mol. The van der Waals surface area contributed by atoms with Crippen LogP contribution >= 0.6 is 22.7 Å². The third-order valence-electron chi connectivity index (χ3n) is 2.70. The molecule has 0 radical (unpaired) electrons. The Labute approximate surface area is 145 Å². The van der Waals surface area contributed by atoms with Crippen molar-refractivity contribution in [3.8, 4) is 0 Å². The van der Waals surface area contributed by atoms with E-state index in [-0.39, 0.29) is 12.4 Å². The number of carboxylic acids is 1. The molecule has 2 aromatic rings. The Morgan fingerprint density at radius 3 is 2.46 bits per heavy atom. The summed E-state index contributed by atoms with van der Waals surface area (Å²) in [7, 11) is 0. The minimum absolute atomic E-state index is 0.00694. The molecule has 3 heterocycles.